The molecule has 0 aromatic carbocycles. The molecule has 6 rings (SSSR count). The summed E-state index contributed by atoms with van der Waals surface area (Å²) in [7, 11) is 0. The van der Waals surface area contributed by atoms with Gasteiger partial charge in [-0.05, 0) is 106 Å². The third-order valence-electron chi connectivity index (χ3n) is 15.5. The second-order valence-electron chi connectivity index (χ2n) is 25.5. The number of rotatable bonds is 15. The van der Waals surface area contributed by atoms with Crippen molar-refractivity contribution in [1.82, 2.24) is 62.8 Å². The van der Waals surface area contributed by atoms with Crippen LogP contribution in [0.2, 0.25) is 0 Å². The number of fused-ring (bicyclic) bond motifs is 6. The van der Waals surface area contributed by atoms with Gasteiger partial charge in [-0.2, -0.15) is 0 Å². The lowest BCUT2D eigenvalue weighted by molar-refractivity contribution is -0.153. The Morgan fingerprint density at radius 1 is 0.450 bits per heavy atom. The normalized spacial score (nSPS) is 21.0. The fourth-order valence-electron chi connectivity index (χ4n) is 9.71. The third-order valence-corrected chi connectivity index (χ3v) is 18.0. The maximum Gasteiger partial charge on any atom is 0.329 e. The van der Waals surface area contributed by atoms with Crippen LogP contribution in [-0.2, 0) is 91.4 Å². The molecule has 9 N–H and O–H groups in total. The number of amides is 9. The SMILES string of the molecule is C/C=C1\NC(=O)c2cc(F)cc(n2)CNC(=O)C[C@@H](/C=C/CCSC(C)=O)OC(=O)[C@H](C(C)C)NC1=O.C/C=C1\NC(=O)c2ccc(F)c(n2)CNC(=O)C[C@@H](/C=C/CCSC(C)=O)OC(=O)[C@H](C(C)C)NC1=O.C/C=C1\NC(=O)c2nc(ccc2F)CNC(=O)C[C@@H](/C=C/CCSC(C)=O)OC(=O)[C@H](C(C)C)NC1=O. The van der Waals surface area contributed by atoms with E-state index < -0.39 is 137 Å². The molecule has 6 bridgehead atoms. The highest BCUT2D eigenvalue weighted by Gasteiger charge is 2.34. The molecule has 0 unspecified atom stereocenters. The predicted molar refractivity (Wildman–Crippen MR) is 406 cm³/mol. The summed E-state index contributed by atoms with van der Waals surface area (Å²) in [6.45, 7) is 18.5. The molecule has 0 saturated carbocycles. The van der Waals surface area contributed by atoms with Gasteiger partial charge in [0.05, 0.1) is 56.0 Å². The summed E-state index contributed by atoms with van der Waals surface area (Å²) in [5.74, 6) is -10.6. The van der Waals surface area contributed by atoms with E-state index in [1.54, 1.807) is 71.9 Å². The fraction of sp³-hybridized carbons (Fsp3) is 0.440. The van der Waals surface area contributed by atoms with Crippen molar-refractivity contribution in [3.05, 3.63) is 160 Å². The van der Waals surface area contributed by atoms with Crippen LogP contribution < -0.4 is 47.9 Å². The van der Waals surface area contributed by atoms with Gasteiger partial charge in [0.25, 0.3) is 35.4 Å². The van der Waals surface area contributed by atoms with Crippen LogP contribution in [0.15, 0.2) is 108 Å². The maximum atomic E-state index is 14.3. The molecule has 0 radical (unpaired) electrons. The number of thioether (sulfide) groups is 3. The lowest BCUT2D eigenvalue weighted by Crippen LogP contribution is -2.48. The number of carbonyl (C=O) groups excluding carboxylic acids is 15. The van der Waals surface area contributed by atoms with Gasteiger partial charge in [0.15, 0.2) is 26.9 Å². The molecule has 3 aliphatic heterocycles. The molecule has 0 aliphatic carbocycles. The number of pyridine rings is 3. The molecule has 0 fully saturated rings. The lowest BCUT2D eigenvalue weighted by Gasteiger charge is -2.24. The van der Waals surface area contributed by atoms with E-state index in [-0.39, 0.29) is 112 Å². The second kappa shape index (κ2) is 47.4. The minimum Gasteiger partial charge on any atom is -0.456 e. The summed E-state index contributed by atoms with van der Waals surface area (Å²) >= 11 is 3.44. The fourth-order valence-corrected chi connectivity index (χ4v) is 11.3. The molecule has 6 heterocycles. The first kappa shape index (κ1) is 92.8. The Bertz CT molecular complexity index is 4130. The number of esters is 3. The van der Waals surface area contributed by atoms with Crippen LogP contribution in [0.25, 0.3) is 0 Å². The van der Waals surface area contributed by atoms with Gasteiger partial charge >= 0.3 is 17.9 Å². The van der Waals surface area contributed by atoms with E-state index in [1.807, 2.05) is 0 Å². The number of cyclic esters (lactones) is 3. The quantitative estimate of drug-likeness (QED) is 0.0259. The number of aromatic nitrogens is 3. The number of nitrogens with one attached hydrogen (secondary N) is 9. The number of nitrogens with zero attached hydrogens (tertiary/aromatic N) is 3. The first-order valence-corrected chi connectivity index (χ1v) is 38.1. The Balaban J connectivity index is 0.000000351. The Hall–Kier alpha value is -10.6. The highest BCUT2D eigenvalue weighted by molar-refractivity contribution is 8.14. The third kappa shape index (κ3) is 33.2. The molecule has 600 valence electrons. The minimum atomic E-state index is -1.10. The van der Waals surface area contributed by atoms with Crippen molar-refractivity contribution in [3.63, 3.8) is 0 Å². The van der Waals surface area contributed by atoms with Gasteiger partial charge in [-0.3, -0.25) is 57.5 Å². The summed E-state index contributed by atoms with van der Waals surface area (Å²) in [4.78, 5) is 199. The average molecular weight is 1600 g/mol. The summed E-state index contributed by atoms with van der Waals surface area (Å²) < 4.78 is 59.4. The van der Waals surface area contributed by atoms with E-state index in [2.05, 4.69) is 62.8 Å². The van der Waals surface area contributed by atoms with Crippen molar-refractivity contribution in [2.75, 3.05) is 17.3 Å². The monoisotopic (exact) mass is 1600 g/mol. The van der Waals surface area contributed by atoms with E-state index in [4.69, 9.17) is 14.2 Å². The van der Waals surface area contributed by atoms with E-state index in [1.165, 1.54) is 71.9 Å². The van der Waals surface area contributed by atoms with Gasteiger partial charge < -0.3 is 62.1 Å². The van der Waals surface area contributed by atoms with Crippen molar-refractivity contribution in [3.8, 4) is 0 Å². The first-order chi connectivity index (χ1) is 52.5. The summed E-state index contributed by atoms with van der Waals surface area (Å²) in [6, 6.07) is 3.28. The van der Waals surface area contributed by atoms with Crippen LogP contribution in [0.3, 0.4) is 0 Å². The number of hydrogen-bond donors (Lipinski definition) is 9. The van der Waals surface area contributed by atoms with Crippen molar-refractivity contribution in [2.45, 2.75) is 178 Å². The van der Waals surface area contributed by atoms with Crippen LogP contribution >= 0.6 is 35.3 Å². The molecule has 0 saturated heterocycles. The molecule has 111 heavy (non-hydrogen) atoms. The molecule has 9 amide bonds. The number of hydrogen-bond acceptors (Lipinski definition) is 24. The molecular formula is C75H93F3N12O18S3. The second-order valence-corrected chi connectivity index (χ2v) is 29.3. The Morgan fingerprint density at radius 2 is 0.811 bits per heavy atom. The van der Waals surface area contributed by atoms with E-state index in [9.17, 15) is 85.1 Å². The van der Waals surface area contributed by atoms with Crippen LogP contribution in [0.4, 0.5) is 13.2 Å². The zero-order valence-corrected chi connectivity index (χ0v) is 65.8. The van der Waals surface area contributed by atoms with Crippen LogP contribution in [0.1, 0.15) is 170 Å². The van der Waals surface area contributed by atoms with Gasteiger partial charge in [0, 0.05) is 44.1 Å². The molecule has 36 heteroatoms. The molecular weight excluding hydrogens is 1510 g/mol. The zero-order valence-electron chi connectivity index (χ0n) is 63.4. The highest BCUT2D eigenvalue weighted by atomic mass is 32.2. The Kier molecular flexibility index (Phi) is 39.7. The molecule has 3 aromatic rings. The predicted octanol–water partition coefficient (Wildman–Crippen LogP) is 6.46. The van der Waals surface area contributed by atoms with Crippen LogP contribution in [0.5, 0.6) is 0 Å². The first-order valence-electron chi connectivity index (χ1n) is 35.2. The van der Waals surface area contributed by atoms with Crippen molar-refractivity contribution < 1.29 is 99.3 Å². The van der Waals surface area contributed by atoms with E-state index >= 15 is 0 Å². The summed E-state index contributed by atoms with van der Waals surface area (Å²) in [5.41, 5.74) is -1.35. The van der Waals surface area contributed by atoms with Gasteiger partial charge in [-0.1, -0.05) is 113 Å². The van der Waals surface area contributed by atoms with Crippen LogP contribution in [0, 0.1) is 35.2 Å². The zero-order chi connectivity index (χ0) is 82.6. The summed E-state index contributed by atoms with van der Waals surface area (Å²) in [5, 5.41) is 22.4. The van der Waals surface area contributed by atoms with Gasteiger partial charge in [-0.15, -0.1) is 0 Å². The minimum absolute atomic E-state index is 0.0197. The van der Waals surface area contributed by atoms with Crippen molar-refractivity contribution in [2.24, 2.45) is 17.8 Å². The van der Waals surface area contributed by atoms with Gasteiger partial charge in [-0.25, -0.2) is 42.5 Å². The lowest BCUT2D eigenvalue weighted by atomic mass is 10.0. The molecule has 0 spiro atoms. The average Bonchev–Trinajstić information content (AvgIpc) is 0.845. The maximum absolute atomic E-state index is 14.3. The van der Waals surface area contributed by atoms with Gasteiger partial charge in [0.2, 0.25) is 17.7 Å². The number of halogens is 3. The number of carbonyl (C=O) groups is 15. The highest BCUT2D eigenvalue weighted by Crippen LogP contribution is 2.19. The van der Waals surface area contributed by atoms with Crippen molar-refractivity contribution in [1.29, 1.82) is 0 Å². The topological polar surface area (TPSA) is 431 Å². The van der Waals surface area contributed by atoms with E-state index in [0.717, 1.165) is 65.6 Å². The summed E-state index contributed by atoms with van der Waals surface area (Å²) in [6.07, 6.45) is 11.6. The number of allylic oxidation sites excluding steroid dienone is 6. The smallest absolute Gasteiger partial charge is 0.329 e. The molecule has 6 atom stereocenters. The van der Waals surface area contributed by atoms with Crippen LogP contribution in [-0.4, -0.2) is 155 Å². The standard InChI is InChI=1S/3C25H31FN4O6S/c1-5-19-23(33)30-21(14(2)3)25(35)36-17(8-6-7-11-37-15(4)31)12-20(32)27-13-16-9-10-18(26)22(28-16)24(34)29-19;1-5-18-23(33)30-22(14(2)3)25(35)36-16(8-6-7-11-37-15(4)31)12-21(32)27-13-20-17(26)9-10-19(28-20)24(34)29-18;1-5-19-23(33)30-22(14(2)3)25(35)36-18(8-6-7-9-37-15(4)31)12-21(32)27-13-17-10-16(26)11-20(28-17)24(34)29-19/h5-6,8-10,14,17,21H,7,11-13H2,1-4H3,(H,27,32)(H,29,34)(H,30,33);5-6,8-10,14,16,22H,7,11-13H2,1-4H3,(H,27,32)(H,29,34)(H,30,33);5-6,8,10-11,14,18,22H,7,9,12-13H2,1-4H3,(H,27,32)(H,29,34)(H,30,33)/b8-6+,19-5-;8-6+,18-5-;8-6+,19-5-/t17-,21+;16-,22+;18-,22+/m111/s1. The van der Waals surface area contributed by atoms with Crippen molar-refractivity contribution >= 4 is 122 Å². The molecule has 3 aromatic heterocycles. The Labute approximate surface area is 653 Å². The molecule has 30 nitrogen and oxygen atoms in total. The van der Waals surface area contributed by atoms with E-state index in [0.29, 0.717) is 36.5 Å². The number of ether oxygens (including phenoxy) is 3. The Morgan fingerprint density at radius 3 is 1.19 bits per heavy atom. The largest absolute Gasteiger partial charge is 0.456 e. The molecule has 3 aliphatic rings. The van der Waals surface area contributed by atoms with Gasteiger partial charge in [0.1, 0.15) is 76.6 Å².